The van der Waals surface area contributed by atoms with Gasteiger partial charge in [0.1, 0.15) is 11.4 Å². The van der Waals surface area contributed by atoms with Gasteiger partial charge in [0, 0.05) is 25.2 Å². The van der Waals surface area contributed by atoms with E-state index in [-0.39, 0.29) is 0 Å². The summed E-state index contributed by atoms with van der Waals surface area (Å²) in [6, 6.07) is 7.87. The van der Waals surface area contributed by atoms with Crippen LogP contribution in [0.2, 0.25) is 0 Å². The fourth-order valence-electron chi connectivity index (χ4n) is 2.26. The first-order chi connectivity index (χ1) is 10.2. The van der Waals surface area contributed by atoms with Crippen molar-refractivity contribution >= 4 is 28.4 Å². The van der Waals surface area contributed by atoms with Crippen molar-refractivity contribution in [2.24, 2.45) is 0 Å². The van der Waals surface area contributed by atoms with Gasteiger partial charge in [0.25, 0.3) is 0 Å². The molecule has 0 fully saturated rings. The Bertz CT molecular complexity index is 761. The van der Waals surface area contributed by atoms with Gasteiger partial charge in [0.15, 0.2) is 17.1 Å². The number of thiazole rings is 1. The number of hydrogen-bond acceptors (Lipinski definition) is 5. The normalized spacial score (nSPS) is 10.8. The predicted molar refractivity (Wildman–Crippen MR) is 83.6 cm³/mol. The van der Waals surface area contributed by atoms with Crippen molar-refractivity contribution in [3.05, 3.63) is 47.1 Å². The minimum Gasteiger partial charge on any atom is -0.497 e. The number of ether oxygens (including phenoxy) is 1. The second kappa shape index (κ2) is 5.57. The van der Waals surface area contributed by atoms with Gasteiger partial charge in [-0.15, -0.1) is 11.3 Å². The molecule has 21 heavy (non-hydrogen) atoms. The molecule has 0 atom stereocenters. The highest BCUT2D eigenvalue weighted by Crippen LogP contribution is 2.24. The standard InChI is InChI=1S/C15H15N3O2S/c1-17(9-11-3-5-12(20-2)6-4-11)14-13(10-19)18-7-8-21-15(18)16-14/h3-8,10H,9H2,1-2H3. The van der Waals surface area contributed by atoms with Crippen molar-refractivity contribution < 1.29 is 9.53 Å². The van der Waals surface area contributed by atoms with Crippen molar-refractivity contribution in [3.8, 4) is 5.75 Å². The molecule has 0 radical (unpaired) electrons. The zero-order valence-corrected chi connectivity index (χ0v) is 12.6. The van der Waals surface area contributed by atoms with E-state index in [0.717, 1.165) is 22.6 Å². The van der Waals surface area contributed by atoms with E-state index in [4.69, 9.17) is 4.74 Å². The van der Waals surface area contributed by atoms with Crippen LogP contribution in [0, 0.1) is 0 Å². The molecule has 0 aliphatic carbocycles. The van der Waals surface area contributed by atoms with Crippen molar-refractivity contribution in [2.45, 2.75) is 6.54 Å². The van der Waals surface area contributed by atoms with Gasteiger partial charge in [-0.05, 0) is 17.7 Å². The van der Waals surface area contributed by atoms with Gasteiger partial charge in [-0.25, -0.2) is 4.98 Å². The van der Waals surface area contributed by atoms with Crippen molar-refractivity contribution in [2.75, 3.05) is 19.1 Å². The molecule has 0 aliphatic heterocycles. The number of aldehydes is 1. The molecule has 3 rings (SSSR count). The van der Waals surface area contributed by atoms with Crippen molar-refractivity contribution in [3.63, 3.8) is 0 Å². The fourth-order valence-corrected chi connectivity index (χ4v) is 2.98. The summed E-state index contributed by atoms with van der Waals surface area (Å²) in [5.74, 6) is 1.53. The van der Waals surface area contributed by atoms with Crippen LogP contribution in [0.1, 0.15) is 16.1 Å². The smallest absolute Gasteiger partial charge is 0.196 e. The third-order valence-electron chi connectivity index (χ3n) is 3.33. The quantitative estimate of drug-likeness (QED) is 0.680. The van der Waals surface area contributed by atoms with E-state index in [1.807, 2.05) is 52.2 Å². The molecule has 2 heterocycles. The van der Waals surface area contributed by atoms with Crippen LogP contribution < -0.4 is 9.64 Å². The molecule has 6 heteroatoms. The lowest BCUT2D eigenvalue weighted by Gasteiger charge is -2.17. The summed E-state index contributed by atoms with van der Waals surface area (Å²) in [7, 11) is 3.58. The number of anilines is 1. The first-order valence-corrected chi connectivity index (χ1v) is 7.35. The minimum atomic E-state index is 0.585. The van der Waals surface area contributed by atoms with Crippen LogP contribution in [-0.4, -0.2) is 29.8 Å². The Hall–Kier alpha value is -2.34. The second-order valence-corrected chi connectivity index (χ2v) is 5.57. The third kappa shape index (κ3) is 2.50. The van der Waals surface area contributed by atoms with Crippen LogP contribution >= 0.6 is 11.3 Å². The fraction of sp³-hybridized carbons (Fsp3) is 0.200. The summed E-state index contributed by atoms with van der Waals surface area (Å²) >= 11 is 1.52. The van der Waals surface area contributed by atoms with Crippen LogP contribution in [0.15, 0.2) is 35.8 Å². The van der Waals surface area contributed by atoms with E-state index < -0.39 is 0 Å². The largest absolute Gasteiger partial charge is 0.497 e. The molecule has 1 aromatic carbocycles. The van der Waals surface area contributed by atoms with E-state index in [1.54, 1.807) is 7.11 Å². The highest BCUT2D eigenvalue weighted by molar-refractivity contribution is 7.15. The third-order valence-corrected chi connectivity index (χ3v) is 4.09. The number of benzene rings is 1. The minimum absolute atomic E-state index is 0.585. The van der Waals surface area contributed by atoms with Gasteiger partial charge in [0.05, 0.1) is 7.11 Å². The number of carbonyl (C=O) groups excluding carboxylic acids is 1. The van der Waals surface area contributed by atoms with Gasteiger partial charge in [0.2, 0.25) is 0 Å². The first-order valence-electron chi connectivity index (χ1n) is 6.47. The first kappa shape index (κ1) is 13.6. The van der Waals surface area contributed by atoms with Crippen LogP contribution in [0.3, 0.4) is 0 Å². The molecule has 0 amide bonds. The van der Waals surface area contributed by atoms with E-state index in [1.165, 1.54) is 11.3 Å². The summed E-state index contributed by atoms with van der Waals surface area (Å²) < 4.78 is 6.97. The number of carbonyl (C=O) groups is 1. The van der Waals surface area contributed by atoms with E-state index in [0.29, 0.717) is 18.1 Å². The molecule has 0 saturated carbocycles. The van der Waals surface area contributed by atoms with Crippen LogP contribution in [0.4, 0.5) is 5.82 Å². The molecule has 5 nitrogen and oxygen atoms in total. The molecular weight excluding hydrogens is 286 g/mol. The Morgan fingerprint density at radius 2 is 2.14 bits per heavy atom. The number of aromatic nitrogens is 2. The number of rotatable bonds is 5. The van der Waals surface area contributed by atoms with Gasteiger partial charge >= 0.3 is 0 Å². The van der Waals surface area contributed by atoms with Crippen LogP contribution in [0.5, 0.6) is 5.75 Å². The number of imidazole rings is 1. The van der Waals surface area contributed by atoms with Crippen molar-refractivity contribution in [1.82, 2.24) is 9.38 Å². The Morgan fingerprint density at radius 3 is 2.81 bits per heavy atom. The Kier molecular flexibility index (Phi) is 3.62. The number of hydrogen-bond donors (Lipinski definition) is 0. The number of methoxy groups -OCH3 is 1. The SMILES string of the molecule is COc1ccc(CN(C)c2nc3sccn3c2C=O)cc1. The molecule has 0 N–H and O–H groups in total. The second-order valence-electron chi connectivity index (χ2n) is 4.70. The topological polar surface area (TPSA) is 46.8 Å². The van der Waals surface area contributed by atoms with Gasteiger partial charge in [-0.3, -0.25) is 9.20 Å². The number of fused-ring (bicyclic) bond motifs is 1. The Balaban J connectivity index is 1.87. The van der Waals surface area contributed by atoms with E-state index in [9.17, 15) is 4.79 Å². The average molecular weight is 301 g/mol. The van der Waals surface area contributed by atoms with E-state index in [2.05, 4.69) is 4.98 Å². The zero-order valence-electron chi connectivity index (χ0n) is 11.8. The lowest BCUT2D eigenvalue weighted by atomic mass is 10.2. The summed E-state index contributed by atoms with van der Waals surface area (Å²) in [4.78, 5) is 18.7. The lowest BCUT2D eigenvalue weighted by molar-refractivity contribution is 0.111. The van der Waals surface area contributed by atoms with Crippen LogP contribution in [0.25, 0.3) is 4.96 Å². The predicted octanol–water partition coefficient (Wildman–Crippen LogP) is 2.85. The summed E-state index contributed by atoms with van der Waals surface area (Å²) in [5, 5.41) is 1.92. The number of nitrogens with zero attached hydrogens (tertiary/aromatic N) is 3. The maximum Gasteiger partial charge on any atom is 0.196 e. The van der Waals surface area contributed by atoms with Crippen molar-refractivity contribution in [1.29, 1.82) is 0 Å². The summed E-state index contributed by atoms with van der Waals surface area (Å²) in [5.41, 5.74) is 1.72. The molecule has 2 aromatic heterocycles. The van der Waals surface area contributed by atoms with E-state index >= 15 is 0 Å². The maximum atomic E-state index is 11.3. The molecule has 0 spiro atoms. The summed E-state index contributed by atoms with van der Waals surface area (Å²) in [6.07, 6.45) is 2.72. The molecule has 0 saturated heterocycles. The van der Waals surface area contributed by atoms with Crippen LogP contribution in [-0.2, 0) is 6.54 Å². The molecule has 0 aliphatic rings. The Labute approximate surface area is 126 Å². The van der Waals surface area contributed by atoms with Gasteiger partial charge in [-0.1, -0.05) is 12.1 Å². The molecule has 0 unspecified atom stereocenters. The maximum absolute atomic E-state index is 11.3. The molecule has 0 bridgehead atoms. The van der Waals surface area contributed by atoms with Gasteiger partial charge < -0.3 is 9.64 Å². The lowest BCUT2D eigenvalue weighted by Crippen LogP contribution is -2.18. The highest BCUT2D eigenvalue weighted by Gasteiger charge is 2.16. The zero-order chi connectivity index (χ0) is 14.8. The molecular formula is C15H15N3O2S. The summed E-state index contributed by atoms with van der Waals surface area (Å²) in [6.45, 7) is 0.676. The Morgan fingerprint density at radius 1 is 1.38 bits per heavy atom. The monoisotopic (exact) mass is 301 g/mol. The molecule has 3 aromatic rings. The highest BCUT2D eigenvalue weighted by atomic mass is 32.1. The molecule has 108 valence electrons. The average Bonchev–Trinajstić information content (AvgIpc) is 3.08. The van der Waals surface area contributed by atoms with Gasteiger partial charge in [-0.2, -0.15) is 0 Å².